The van der Waals surface area contributed by atoms with E-state index >= 15 is 0 Å². The number of esters is 1. The monoisotopic (exact) mass is 577 g/mol. The smallest absolute Gasteiger partial charge is 0.338 e. The van der Waals surface area contributed by atoms with Gasteiger partial charge in [-0.05, 0) is 79.3 Å². The predicted molar refractivity (Wildman–Crippen MR) is 137 cm³/mol. The molecule has 1 aliphatic rings. The van der Waals surface area contributed by atoms with Crippen LogP contribution in [0.3, 0.4) is 0 Å². The maximum Gasteiger partial charge on any atom is 0.338 e. The first-order valence-electron chi connectivity index (χ1n) is 10.2. The second kappa shape index (κ2) is 10.9. The van der Waals surface area contributed by atoms with E-state index in [1.54, 1.807) is 33.9 Å². The number of nitrogens with zero attached hydrogens (tertiary/aromatic N) is 1. The summed E-state index contributed by atoms with van der Waals surface area (Å²) >= 11 is 7.50. The van der Waals surface area contributed by atoms with Crippen molar-refractivity contribution in [2.24, 2.45) is 0 Å². The van der Waals surface area contributed by atoms with E-state index in [0.717, 1.165) is 14.7 Å². The second-order valence-corrected chi connectivity index (χ2v) is 9.19. The van der Waals surface area contributed by atoms with Gasteiger partial charge < -0.3 is 24.8 Å². The highest BCUT2D eigenvalue weighted by Gasteiger charge is 2.32. The summed E-state index contributed by atoms with van der Waals surface area (Å²) in [6, 6.07) is 12.7. The summed E-state index contributed by atoms with van der Waals surface area (Å²) in [6.07, 6.45) is -0.255. The lowest BCUT2D eigenvalue weighted by Gasteiger charge is -2.30. The molecule has 0 fully saturated rings. The van der Waals surface area contributed by atoms with Gasteiger partial charge in [-0.3, -0.25) is 0 Å². The van der Waals surface area contributed by atoms with Gasteiger partial charge in [0.05, 0.1) is 40.0 Å². The standard InChI is InChI=1S/C24H24IN3O4S/c1-13(2)32-23(29)20-14(3)27-24(33)28-21(20)17-9-18(25)22(19(10-17)30-4)31-12-16-8-6-5-7-15(16)11-26/h5-10,13,21H,12H2,1-4H3,(H2,27,28,33)/t21-/m0/s1. The van der Waals surface area contributed by atoms with Crippen LogP contribution in [-0.4, -0.2) is 24.3 Å². The highest BCUT2D eigenvalue weighted by Crippen LogP contribution is 2.39. The summed E-state index contributed by atoms with van der Waals surface area (Å²) in [6.45, 7) is 5.62. The number of carbonyl (C=O) groups is 1. The minimum absolute atomic E-state index is 0.218. The molecular weight excluding hydrogens is 553 g/mol. The first-order chi connectivity index (χ1) is 15.7. The van der Waals surface area contributed by atoms with Crippen LogP contribution < -0.4 is 20.1 Å². The zero-order valence-corrected chi connectivity index (χ0v) is 21.7. The van der Waals surface area contributed by atoms with Gasteiger partial charge in [0.25, 0.3) is 0 Å². The molecule has 9 heteroatoms. The van der Waals surface area contributed by atoms with Crippen LogP contribution in [0.15, 0.2) is 47.7 Å². The molecular formula is C24H24IN3O4S. The lowest BCUT2D eigenvalue weighted by molar-refractivity contribution is -0.143. The Labute approximate surface area is 212 Å². The van der Waals surface area contributed by atoms with E-state index in [2.05, 4.69) is 39.3 Å². The number of ether oxygens (including phenoxy) is 3. The molecule has 0 saturated heterocycles. The maximum atomic E-state index is 12.8. The second-order valence-electron chi connectivity index (χ2n) is 7.62. The lowest BCUT2D eigenvalue weighted by atomic mass is 9.95. The number of methoxy groups -OCH3 is 1. The van der Waals surface area contributed by atoms with Gasteiger partial charge in [-0.25, -0.2) is 4.79 Å². The molecule has 2 N–H and O–H groups in total. The maximum absolute atomic E-state index is 12.8. The van der Waals surface area contributed by atoms with E-state index < -0.39 is 12.0 Å². The Bertz CT molecular complexity index is 1160. The molecule has 33 heavy (non-hydrogen) atoms. The van der Waals surface area contributed by atoms with E-state index in [1.165, 1.54) is 0 Å². The molecule has 0 aromatic heterocycles. The van der Waals surface area contributed by atoms with E-state index in [9.17, 15) is 10.1 Å². The molecule has 3 rings (SSSR count). The molecule has 0 bridgehead atoms. The Balaban J connectivity index is 1.96. The quantitative estimate of drug-likeness (QED) is 0.283. The summed E-state index contributed by atoms with van der Waals surface area (Å²) in [4.78, 5) is 12.8. The highest BCUT2D eigenvalue weighted by atomic mass is 127. The first-order valence-corrected chi connectivity index (χ1v) is 11.7. The number of thiocarbonyl (C=S) groups is 1. The van der Waals surface area contributed by atoms with Gasteiger partial charge in [0, 0.05) is 11.3 Å². The molecule has 0 amide bonds. The molecule has 172 valence electrons. The van der Waals surface area contributed by atoms with Crippen molar-refractivity contribution in [3.05, 3.63) is 67.9 Å². The fraction of sp³-hybridized carbons (Fsp3) is 0.292. The van der Waals surface area contributed by atoms with Crippen LogP contribution in [0, 0.1) is 14.9 Å². The number of nitriles is 1. The van der Waals surface area contributed by atoms with Crippen molar-refractivity contribution in [2.75, 3.05) is 7.11 Å². The van der Waals surface area contributed by atoms with Gasteiger partial charge in [0.15, 0.2) is 16.6 Å². The Kier molecular flexibility index (Phi) is 8.15. The third-order valence-electron chi connectivity index (χ3n) is 4.93. The van der Waals surface area contributed by atoms with Crippen LogP contribution in [0.4, 0.5) is 0 Å². The van der Waals surface area contributed by atoms with Gasteiger partial charge in [-0.15, -0.1) is 0 Å². The molecule has 2 aromatic rings. The van der Waals surface area contributed by atoms with E-state index in [-0.39, 0.29) is 12.7 Å². The number of halogens is 1. The zero-order chi connectivity index (χ0) is 24.1. The molecule has 0 saturated carbocycles. The predicted octanol–water partition coefficient (Wildman–Crippen LogP) is 4.49. The van der Waals surface area contributed by atoms with Crippen LogP contribution in [0.25, 0.3) is 0 Å². The minimum Gasteiger partial charge on any atom is -0.493 e. The number of carbonyl (C=O) groups excluding carboxylic acids is 1. The fourth-order valence-electron chi connectivity index (χ4n) is 3.44. The Hall–Kier alpha value is -2.84. The molecule has 0 unspecified atom stereocenters. The van der Waals surface area contributed by atoms with Gasteiger partial charge in [0.1, 0.15) is 6.61 Å². The summed E-state index contributed by atoms with van der Waals surface area (Å²) in [5, 5.41) is 15.9. The van der Waals surface area contributed by atoms with Gasteiger partial charge >= 0.3 is 5.97 Å². The van der Waals surface area contributed by atoms with Gasteiger partial charge in [-0.2, -0.15) is 5.26 Å². The fourth-order valence-corrected chi connectivity index (χ4v) is 4.50. The van der Waals surface area contributed by atoms with Gasteiger partial charge in [0.2, 0.25) is 0 Å². The van der Waals surface area contributed by atoms with Crippen molar-refractivity contribution >= 4 is 45.9 Å². The molecule has 1 atom stereocenters. The minimum atomic E-state index is -0.513. The van der Waals surface area contributed by atoms with E-state index in [0.29, 0.717) is 33.4 Å². The normalized spacial score (nSPS) is 15.4. The van der Waals surface area contributed by atoms with E-state index in [1.807, 2.05) is 30.3 Å². The average molecular weight is 577 g/mol. The van der Waals surface area contributed by atoms with E-state index in [4.69, 9.17) is 26.4 Å². The van der Waals surface area contributed by atoms with Crippen molar-refractivity contribution in [1.29, 1.82) is 5.26 Å². The molecule has 1 heterocycles. The number of benzene rings is 2. The number of hydrogen-bond donors (Lipinski definition) is 2. The van der Waals surface area contributed by atoms with Crippen LogP contribution in [0.2, 0.25) is 0 Å². The molecule has 7 nitrogen and oxygen atoms in total. The van der Waals surface area contributed by atoms with Crippen molar-refractivity contribution in [3.63, 3.8) is 0 Å². The third-order valence-corrected chi connectivity index (χ3v) is 5.95. The van der Waals surface area contributed by atoms with Crippen molar-refractivity contribution in [3.8, 4) is 17.6 Å². The Morgan fingerprint density at radius 3 is 2.70 bits per heavy atom. The van der Waals surface area contributed by atoms with Crippen LogP contribution >= 0.6 is 34.8 Å². The summed E-state index contributed by atoms with van der Waals surface area (Å²) in [5.74, 6) is 0.641. The zero-order valence-electron chi connectivity index (χ0n) is 18.7. The Morgan fingerprint density at radius 1 is 1.30 bits per heavy atom. The number of hydrogen-bond acceptors (Lipinski definition) is 6. The molecule has 1 aliphatic heterocycles. The van der Waals surface area contributed by atoms with Gasteiger partial charge in [-0.1, -0.05) is 18.2 Å². The first kappa shape index (κ1) is 24.8. The van der Waals surface area contributed by atoms with Crippen LogP contribution in [0.1, 0.15) is 43.5 Å². The number of rotatable bonds is 7. The van der Waals surface area contributed by atoms with Crippen molar-refractivity contribution in [1.82, 2.24) is 10.6 Å². The van der Waals surface area contributed by atoms with Crippen LogP contribution in [0.5, 0.6) is 11.5 Å². The largest absolute Gasteiger partial charge is 0.493 e. The average Bonchev–Trinajstić information content (AvgIpc) is 2.76. The molecule has 0 spiro atoms. The SMILES string of the molecule is COc1cc([C@@H]2NC(=S)NC(C)=C2C(=O)OC(C)C)cc(I)c1OCc1ccccc1C#N. The molecule has 0 aliphatic carbocycles. The third kappa shape index (κ3) is 5.75. The topological polar surface area (TPSA) is 92.6 Å². The molecule has 0 radical (unpaired) electrons. The summed E-state index contributed by atoms with van der Waals surface area (Å²) in [7, 11) is 1.56. The number of nitrogens with one attached hydrogen (secondary N) is 2. The van der Waals surface area contributed by atoms with Crippen molar-refractivity contribution in [2.45, 2.75) is 39.5 Å². The highest BCUT2D eigenvalue weighted by molar-refractivity contribution is 14.1. The van der Waals surface area contributed by atoms with Crippen molar-refractivity contribution < 1.29 is 19.0 Å². The van der Waals surface area contributed by atoms with Crippen LogP contribution in [-0.2, 0) is 16.1 Å². The lowest BCUT2D eigenvalue weighted by Crippen LogP contribution is -2.45. The summed E-state index contributed by atoms with van der Waals surface area (Å²) < 4.78 is 17.9. The molecule has 2 aromatic carbocycles. The number of allylic oxidation sites excluding steroid dienone is 1. The summed E-state index contributed by atoms with van der Waals surface area (Å²) in [5.41, 5.74) is 3.21. The Morgan fingerprint density at radius 2 is 2.03 bits per heavy atom.